The van der Waals surface area contributed by atoms with Crippen molar-refractivity contribution in [2.45, 2.75) is 6.61 Å². The van der Waals surface area contributed by atoms with Crippen LogP contribution in [0, 0.1) is 11.6 Å². The highest BCUT2D eigenvalue weighted by Gasteiger charge is 2.13. The van der Waals surface area contributed by atoms with Crippen molar-refractivity contribution in [1.82, 2.24) is 4.98 Å². The molecule has 1 amide bonds. The Labute approximate surface area is 149 Å². The summed E-state index contributed by atoms with van der Waals surface area (Å²) in [5, 5.41) is 4.30. The number of rotatable bonds is 5. The van der Waals surface area contributed by atoms with Crippen LogP contribution in [0.3, 0.4) is 0 Å². The number of thiazole rings is 1. The molecule has 0 unspecified atom stereocenters. The molecule has 4 nitrogen and oxygen atoms in total. The normalized spacial score (nSPS) is 10.8. The molecule has 1 N–H and O–H groups in total. The van der Waals surface area contributed by atoms with E-state index in [4.69, 9.17) is 0 Å². The first-order chi connectivity index (χ1) is 12.4. The van der Waals surface area contributed by atoms with Crippen LogP contribution >= 0.6 is 11.3 Å². The molecule has 0 bridgehead atoms. The van der Waals surface area contributed by atoms with Crippen molar-refractivity contribution in [2.75, 3.05) is 5.32 Å². The number of benzene rings is 2. The number of hydrogen-bond donors (Lipinski definition) is 1. The highest BCUT2D eigenvalue weighted by atomic mass is 32.1. The first kappa shape index (κ1) is 17.9. The molecule has 0 saturated heterocycles. The molecular formula is C17H10F4N2O2S. The molecule has 1 aromatic heterocycles. The molecule has 26 heavy (non-hydrogen) atoms. The van der Waals surface area contributed by atoms with Gasteiger partial charge in [-0.05, 0) is 36.4 Å². The summed E-state index contributed by atoms with van der Waals surface area (Å²) in [6.07, 6.45) is 0. The van der Waals surface area contributed by atoms with E-state index in [9.17, 15) is 22.4 Å². The lowest BCUT2D eigenvalue weighted by atomic mass is 10.2. The minimum absolute atomic E-state index is 0.104. The molecule has 3 rings (SSSR count). The van der Waals surface area contributed by atoms with Crippen LogP contribution in [0.25, 0.3) is 11.3 Å². The number of alkyl halides is 2. The SMILES string of the molecule is O=C(Nc1nc(-c2ccc(F)c(F)c2)cs1)c1cccc(OC(F)F)c1. The van der Waals surface area contributed by atoms with E-state index in [1.54, 1.807) is 5.38 Å². The summed E-state index contributed by atoms with van der Waals surface area (Å²) in [5.74, 6) is -2.69. The highest BCUT2D eigenvalue weighted by molar-refractivity contribution is 7.14. The minimum Gasteiger partial charge on any atom is -0.435 e. The van der Waals surface area contributed by atoms with Gasteiger partial charge in [0.1, 0.15) is 5.75 Å². The van der Waals surface area contributed by atoms with E-state index in [1.165, 1.54) is 30.3 Å². The standard InChI is InChI=1S/C17H10F4N2O2S/c18-12-5-4-9(7-13(12)19)14-8-26-17(22-14)23-15(24)10-2-1-3-11(6-10)25-16(20)21/h1-8,16H,(H,22,23,24). The Kier molecular flexibility index (Phi) is 5.17. The first-order valence-electron chi connectivity index (χ1n) is 7.19. The predicted molar refractivity (Wildman–Crippen MR) is 88.5 cm³/mol. The molecule has 0 saturated carbocycles. The second kappa shape index (κ2) is 7.52. The molecule has 134 valence electrons. The number of halogens is 4. The number of ether oxygens (including phenoxy) is 1. The van der Waals surface area contributed by atoms with Crippen LogP contribution in [0.1, 0.15) is 10.4 Å². The number of nitrogens with one attached hydrogen (secondary N) is 1. The molecule has 0 aliphatic carbocycles. The fourth-order valence-electron chi connectivity index (χ4n) is 2.10. The zero-order valence-electron chi connectivity index (χ0n) is 12.9. The van der Waals surface area contributed by atoms with Crippen molar-refractivity contribution in [1.29, 1.82) is 0 Å². The lowest BCUT2D eigenvalue weighted by molar-refractivity contribution is -0.0498. The van der Waals surface area contributed by atoms with Crippen molar-refractivity contribution in [3.05, 3.63) is 65.0 Å². The van der Waals surface area contributed by atoms with E-state index in [0.29, 0.717) is 11.3 Å². The molecule has 0 aliphatic rings. The van der Waals surface area contributed by atoms with Crippen molar-refractivity contribution < 1.29 is 27.1 Å². The summed E-state index contributed by atoms with van der Waals surface area (Å²) in [5.41, 5.74) is 0.819. The van der Waals surface area contributed by atoms with Gasteiger partial charge in [0, 0.05) is 16.5 Å². The quantitative estimate of drug-likeness (QED) is 0.636. The summed E-state index contributed by atoms with van der Waals surface area (Å²) in [6.45, 7) is -2.99. The van der Waals surface area contributed by atoms with Crippen molar-refractivity contribution in [3.63, 3.8) is 0 Å². The molecule has 1 heterocycles. The summed E-state index contributed by atoms with van der Waals surface area (Å²) >= 11 is 1.08. The Morgan fingerprint density at radius 2 is 1.92 bits per heavy atom. The third kappa shape index (κ3) is 4.17. The molecule has 0 atom stereocenters. The molecule has 9 heteroatoms. The predicted octanol–water partition coefficient (Wildman–Crippen LogP) is 4.94. The van der Waals surface area contributed by atoms with E-state index < -0.39 is 24.2 Å². The topological polar surface area (TPSA) is 51.2 Å². The van der Waals surface area contributed by atoms with E-state index in [1.807, 2.05) is 0 Å². The number of hydrogen-bond acceptors (Lipinski definition) is 4. The fourth-order valence-corrected chi connectivity index (χ4v) is 2.82. The van der Waals surface area contributed by atoms with E-state index in [0.717, 1.165) is 23.5 Å². The van der Waals surface area contributed by atoms with Crippen LogP contribution in [0.4, 0.5) is 22.7 Å². The van der Waals surface area contributed by atoms with Crippen molar-refractivity contribution >= 4 is 22.4 Å². The van der Waals surface area contributed by atoms with Gasteiger partial charge in [-0.2, -0.15) is 8.78 Å². The van der Waals surface area contributed by atoms with Gasteiger partial charge >= 0.3 is 6.61 Å². The Morgan fingerprint density at radius 3 is 2.65 bits per heavy atom. The number of amides is 1. The second-order valence-corrected chi connectivity index (χ2v) is 5.89. The number of aromatic nitrogens is 1. The van der Waals surface area contributed by atoms with Gasteiger partial charge in [-0.3, -0.25) is 10.1 Å². The Bertz CT molecular complexity index is 946. The number of anilines is 1. The van der Waals surface area contributed by atoms with Gasteiger partial charge in [0.2, 0.25) is 0 Å². The van der Waals surface area contributed by atoms with E-state index >= 15 is 0 Å². The summed E-state index contributed by atoms with van der Waals surface area (Å²) in [6, 6.07) is 8.65. The zero-order chi connectivity index (χ0) is 18.7. The smallest absolute Gasteiger partial charge is 0.387 e. The Hall–Kier alpha value is -2.94. The lowest BCUT2D eigenvalue weighted by Crippen LogP contribution is -2.12. The van der Waals surface area contributed by atoms with Gasteiger partial charge in [-0.1, -0.05) is 6.07 Å². The Balaban J connectivity index is 1.74. The van der Waals surface area contributed by atoms with E-state index in [2.05, 4.69) is 15.0 Å². The monoisotopic (exact) mass is 382 g/mol. The summed E-state index contributed by atoms with van der Waals surface area (Å²) in [7, 11) is 0. The van der Waals surface area contributed by atoms with Gasteiger partial charge in [0.05, 0.1) is 5.69 Å². The average Bonchev–Trinajstić information content (AvgIpc) is 3.05. The molecule has 0 fully saturated rings. The maximum atomic E-state index is 13.3. The van der Waals surface area contributed by atoms with Crippen LogP contribution in [-0.4, -0.2) is 17.5 Å². The molecule has 0 spiro atoms. The zero-order valence-corrected chi connectivity index (χ0v) is 13.7. The first-order valence-corrected chi connectivity index (χ1v) is 8.07. The maximum absolute atomic E-state index is 13.3. The summed E-state index contributed by atoms with van der Waals surface area (Å²) in [4.78, 5) is 16.3. The molecule has 3 aromatic rings. The van der Waals surface area contributed by atoms with Crippen LogP contribution in [0.15, 0.2) is 47.8 Å². The van der Waals surface area contributed by atoms with Crippen LogP contribution < -0.4 is 10.1 Å². The van der Waals surface area contributed by atoms with E-state index in [-0.39, 0.29) is 16.4 Å². The lowest BCUT2D eigenvalue weighted by Gasteiger charge is -2.06. The van der Waals surface area contributed by atoms with Crippen molar-refractivity contribution in [2.24, 2.45) is 0 Å². The van der Waals surface area contributed by atoms with Gasteiger partial charge in [0.25, 0.3) is 5.91 Å². The van der Waals surface area contributed by atoms with Gasteiger partial charge < -0.3 is 4.74 Å². The third-order valence-corrected chi connectivity index (χ3v) is 4.02. The molecule has 0 aliphatic heterocycles. The van der Waals surface area contributed by atoms with Crippen LogP contribution in [-0.2, 0) is 0 Å². The van der Waals surface area contributed by atoms with Gasteiger partial charge in [-0.25, -0.2) is 13.8 Å². The minimum atomic E-state index is -2.99. The maximum Gasteiger partial charge on any atom is 0.387 e. The third-order valence-electron chi connectivity index (χ3n) is 3.26. The van der Waals surface area contributed by atoms with Crippen molar-refractivity contribution in [3.8, 4) is 17.0 Å². The van der Waals surface area contributed by atoms with Gasteiger partial charge in [0.15, 0.2) is 16.8 Å². The average molecular weight is 382 g/mol. The van der Waals surface area contributed by atoms with Crippen LogP contribution in [0.5, 0.6) is 5.75 Å². The highest BCUT2D eigenvalue weighted by Crippen LogP contribution is 2.26. The fraction of sp³-hybridized carbons (Fsp3) is 0.0588. The van der Waals surface area contributed by atoms with Crippen LogP contribution in [0.2, 0.25) is 0 Å². The second-order valence-electron chi connectivity index (χ2n) is 5.03. The van der Waals surface area contributed by atoms with Gasteiger partial charge in [-0.15, -0.1) is 11.3 Å². The number of carbonyl (C=O) groups excluding carboxylic acids is 1. The Morgan fingerprint density at radius 1 is 1.12 bits per heavy atom. The summed E-state index contributed by atoms with van der Waals surface area (Å²) < 4.78 is 55.0. The number of carbonyl (C=O) groups is 1. The molecule has 2 aromatic carbocycles. The largest absolute Gasteiger partial charge is 0.435 e. The number of nitrogens with zero attached hydrogens (tertiary/aromatic N) is 1. The molecule has 0 radical (unpaired) electrons. The molecular weight excluding hydrogens is 372 g/mol.